The van der Waals surface area contributed by atoms with Crippen molar-refractivity contribution in [2.75, 3.05) is 26.2 Å². The van der Waals surface area contributed by atoms with Gasteiger partial charge in [0, 0.05) is 32.5 Å². The first-order chi connectivity index (χ1) is 13.7. The number of carbonyl (C=O) groups excluding carboxylic acids is 2. The maximum Gasteiger partial charge on any atom is 0.222 e. The molecular weight excluding hydrogens is 366 g/mol. The number of aliphatic hydroxyl groups excluding tert-OH is 1. The Morgan fingerprint density at radius 1 is 0.966 bits per heavy atom. The Balaban J connectivity index is 4.42. The van der Waals surface area contributed by atoms with Gasteiger partial charge in [0.2, 0.25) is 11.8 Å². The normalized spacial score (nSPS) is 13.6. The van der Waals surface area contributed by atoms with Crippen LogP contribution in [0.15, 0.2) is 0 Å². The number of nitrogens with zero attached hydrogens (tertiary/aromatic N) is 1. The fourth-order valence-corrected chi connectivity index (χ4v) is 3.34. The Morgan fingerprint density at radius 3 is 2.10 bits per heavy atom. The molecule has 0 saturated heterocycles. The second-order valence-electron chi connectivity index (χ2n) is 8.99. The molecule has 2 amide bonds. The van der Waals surface area contributed by atoms with E-state index in [9.17, 15) is 14.7 Å². The molecule has 0 spiro atoms. The van der Waals surface area contributed by atoms with Crippen LogP contribution in [0.5, 0.6) is 0 Å². The fraction of sp³-hybridized carbons (Fsp3) is 0.913. The van der Waals surface area contributed by atoms with E-state index in [0.717, 1.165) is 45.3 Å². The second-order valence-corrected chi connectivity index (χ2v) is 8.99. The lowest BCUT2D eigenvalue weighted by Gasteiger charge is -2.26. The molecule has 0 rings (SSSR count). The molecule has 2 atom stereocenters. The standard InChI is InChI=1S/C23H47N3O3/c1-7-14-26(15-8-2)23(29)11-9-10-22(28)25-20(16-19(5)6)21(27)17-24-13-12-18(3)4/h18-21,24,27H,7-17H2,1-6H3,(H,25,28)/t20-,21?/m0/s1. The zero-order chi connectivity index (χ0) is 22.2. The van der Waals surface area contributed by atoms with Crippen LogP contribution in [0, 0.1) is 11.8 Å². The predicted molar refractivity (Wildman–Crippen MR) is 121 cm³/mol. The number of hydrogen-bond donors (Lipinski definition) is 3. The summed E-state index contributed by atoms with van der Waals surface area (Å²) < 4.78 is 0. The monoisotopic (exact) mass is 413 g/mol. The summed E-state index contributed by atoms with van der Waals surface area (Å²) in [5.74, 6) is 1.06. The van der Waals surface area contributed by atoms with Gasteiger partial charge in [0.25, 0.3) is 0 Å². The van der Waals surface area contributed by atoms with Gasteiger partial charge >= 0.3 is 0 Å². The Labute approximate surface area is 179 Å². The van der Waals surface area contributed by atoms with E-state index in [1.165, 1.54) is 0 Å². The highest BCUT2D eigenvalue weighted by Crippen LogP contribution is 2.10. The summed E-state index contributed by atoms with van der Waals surface area (Å²) >= 11 is 0. The summed E-state index contributed by atoms with van der Waals surface area (Å²) in [7, 11) is 0. The van der Waals surface area contributed by atoms with Gasteiger partial charge in [-0.1, -0.05) is 41.5 Å². The molecule has 3 N–H and O–H groups in total. The molecule has 172 valence electrons. The molecule has 0 aromatic heterocycles. The minimum absolute atomic E-state index is 0.0813. The van der Waals surface area contributed by atoms with Gasteiger partial charge in [0.1, 0.15) is 0 Å². The van der Waals surface area contributed by atoms with Crippen LogP contribution in [0.1, 0.15) is 86.5 Å². The molecule has 0 aliphatic carbocycles. The zero-order valence-corrected chi connectivity index (χ0v) is 19.8. The van der Waals surface area contributed by atoms with E-state index in [-0.39, 0.29) is 17.9 Å². The third-order valence-electron chi connectivity index (χ3n) is 4.92. The number of hydrogen-bond acceptors (Lipinski definition) is 4. The van der Waals surface area contributed by atoms with Crippen LogP contribution in [-0.4, -0.2) is 60.1 Å². The van der Waals surface area contributed by atoms with E-state index in [1.807, 2.05) is 4.90 Å². The number of carbonyl (C=O) groups is 2. The molecule has 0 saturated carbocycles. The van der Waals surface area contributed by atoms with Crippen molar-refractivity contribution < 1.29 is 14.7 Å². The van der Waals surface area contributed by atoms with E-state index >= 15 is 0 Å². The quantitative estimate of drug-likeness (QED) is 0.320. The van der Waals surface area contributed by atoms with Crippen LogP contribution in [0.4, 0.5) is 0 Å². The third-order valence-corrected chi connectivity index (χ3v) is 4.92. The summed E-state index contributed by atoms with van der Waals surface area (Å²) in [6.45, 7) is 15.6. The van der Waals surface area contributed by atoms with E-state index in [2.05, 4.69) is 52.2 Å². The number of rotatable bonds is 17. The van der Waals surface area contributed by atoms with Crippen molar-refractivity contribution in [1.29, 1.82) is 0 Å². The summed E-state index contributed by atoms with van der Waals surface area (Å²) in [5.41, 5.74) is 0. The summed E-state index contributed by atoms with van der Waals surface area (Å²) in [6, 6.07) is -0.263. The number of aliphatic hydroxyl groups is 1. The molecule has 0 fully saturated rings. The Kier molecular flexibility index (Phi) is 16.0. The third kappa shape index (κ3) is 14.5. The van der Waals surface area contributed by atoms with Crippen molar-refractivity contribution >= 4 is 11.8 Å². The molecule has 0 aromatic carbocycles. The topological polar surface area (TPSA) is 81.7 Å². The minimum atomic E-state index is -0.611. The molecule has 0 aromatic rings. The molecule has 6 nitrogen and oxygen atoms in total. The van der Waals surface area contributed by atoms with E-state index in [0.29, 0.717) is 37.6 Å². The SMILES string of the molecule is CCCN(CCC)C(=O)CCCC(=O)N[C@@H](CC(C)C)C(O)CNCCC(C)C. The molecular formula is C23H47N3O3. The van der Waals surface area contributed by atoms with Crippen molar-refractivity contribution in [3.63, 3.8) is 0 Å². The highest BCUT2D eigenvalue weighted by molar-refractivity contribution is 5.79. The maximum atomic E-state index is 12.4. The van der Waals surface area contributed by atoms with Gasteiger partial charge in [-0.05, 0) is 50.5 Å². The van der Waals surface area contributed by atoms with Crippen LogP contribution in [0.2, 0.25) is 0 Å². The first kappa shape index (κ1) is 27.9. The van der Waals surface area contributed by atoms with Crippen molar-refractivity contribution in [3.8, 4) is 0 Å². The highest BCUT2D eigenvalue weighted by Gasteiger charge is 2.22. The van der Waals surface area contributed by atoms with Gasteiger partial charge in [0.15, 0.2) is 0 Å². The van der Waals surface area contributed by atoms with Crippen molar-refractivity contribution in [3.05, 3.63) is 0 Å². The lowest BCUT2D eigenvalue weighted by atomic mass is 9.98. The Bertz CT molecular complexity index is 435. The molecule has 0 aliphatic rings. The van der Waals surface area contributed by atoms with Crippen LogP contribution in [0.25, 0.3) is 0 Å². The largest absolute Gasteiger partial charge is 0.390 e. The van der Waals surface area contributed by atoms with Crippen LogP contribution in [0.3, 0.4) is 0 Å². The average molecular weight is 414 g/mol. The van der Waals surface area contributed by atoms with Crippen molar-refractivity contribution in [2.24, 2.45) is 11.8 Å². The maximum absolute atomic E-state index is 12.4. The Hall–Kier alpha value is -1.14. The van der Waals surface area contributed by atoms with Gasteiger partial charge in [-0.25, -0.2) is 0 Å². The van der Waals surface area contributed by atoms with Crippen LogP contribution >= 0.6 is 0 Å². The summed E-state index contributed by atoms with van der Waals surface area (Å²) in [6.07, 6.45) is 4.36. The molecule has 0 aliphatic heterocycles. The van der Waals surface area contributed by atoms with Crippen molar-refractivity contribution in [2.45, 2.75) is 98.6 Å². The first-order valence-electron chi connectivity index (χ1n) is 11.7. The molecule has 1 unspecified atom stereocenters. The van der Waals surface area contributed by atoms with Crippen LogP contribution < -0.4 is 10.6 Å². The van der Waals surface area contributed by atoms with E-state index in [4.69, 9.17) is 0 Å². The second kappa shape index (κ2) is 16.6. The molecule has 0 radical (unpaired) electrons. The fourth-order valence-electron chi connectivity index (χ4n) is 3.34. The zero-order valence-electron chi connectivity index (χ0n) is 19.8. The average Bonchev–Trinajstić information content (AvgIpc) is 2.63. The van der Waals surface area contributed by atoms with E-state index in [1.54, 1.807) is 0 Å². The lowest BCUT2D eigenvalue weighted by Crippen LogP contribution is -2.48. The van der Waals surface area contributed by atoms with Gasteiger partial charge < -0.3 is 20.6 Å². The van der Waals surface area contributed by atoms with Gasteiger partial charge in [-0.2, -0.15) is 0 Å². The van der Waals surface area contributed by atoms with Crippen molar-refractivity contribution in [1.82, 2.24) is 15.5 Å². The molecule has 0 heterocycles. The molecule has 0 bridgehead atoms. The van der Waals surface area contributed by atoms with Crippen LogP contribution in [-0.2, 0) is 9.59 Å². The minimum Gasteiger partial charge on any atom is -0.390 e. The lowest BCUT2D eigenvalue weighted by molar-refractivity contribution is -0.131. The van der Waals surface area contributed by atoms with E-state index < -0.39 is 6.10 Å². The predicted octanol–water partition coefficient (Wildman–Crippen LogP) is 3.33. The van der Waals surface area contributed by atoms with Gasteiger partial charge in [-0.3, -0.25) is 9.59 Å². The smallest absolute Gasteiger partial charge is 0.222 e. The molecule has 29 heavy (non-hydrogen) atoms. The highest BCUT2D eigenvalue weighted by atomic mass is 16.3. The number of amides is 2. The summed E-state index contributed by atoms with van der Waals surface area (Å²) in [4.78, 5) is 26.6. The number of nitrogens with one attached hydrogen (secondary N) is 2. The Morgan fingerprint density at radius 2 is 1.59 bits per heavy atom. The first-order valence-corrected chi connectivity index (χ1v) is 11.7. The van der Waals surface area contributed by atoms with Gasteiger partial charge in [0.05, 0.1) is 12.1 Å². The summed E-state index contributed by atoms with van der Waals surface area (Å²) in [5, 5.41) is 16.8. The van der Waals surface area contributed by atoms with Gasteiger partial charge in [-0.15, -0.1) is 0 Å². The molecule has 6 heteroatoms.